The van der Waals surface area contributed by atoms with Gasteiger partial charge in [-0.1, -0.05) is 18.2 Å². The van der Waals surface area contributed by atoms with E-state index in [1.807, 2.05) is 58.2 Å². The van der Waals surface area contributed by atoms with Crippen LogP contribution >= 0.6 is 0 Å². The van der Waals surface area contributed by atoms with Crippen molar-refractivity contribution >= 4 is 15.9 Å². The summed E-state index contributed by atoms with van der Waals surface area (Å²) in [5.41, 5.74) is 0.899. The van der Waals surface area contributed by atoms with Crippen LogP contribution in [-0.2, 0) is 9.47 Å². The molecule has 1 N–H and O–H groups in total. The van der Waals surface area contributed by atoms with E-state index in [-0.39, 0.29) is 5.41 Å². The fourth-order valence-corrected chi connectivity index (χ4v) is 1.92. The van der Waals surface area contributed by atoms with Crippen LogP contribution in [0.25, 0.3) is 0 Å². The Morgan fingerprint density at radius 2 is 1.59 bits per heavy atom. The molecule has 17 heavy (non-hydrogen) atoms. The molecular formula is C13H25NO2Si. The average molecular weight is 255 g/mol. The molecule has 0 spiro atoms. The minimum absolute atomic E-state index is 0.260. The topological polar surface area (TPSA) is 30.5 Å². The first-order chi connectivity index (χ1) is 8.05. The molecule has 1 rings (SSSR count). The Labute approximate surface area is 108 Å². The highest BCUT2D eigenvalue weighted by Gasteiger charge is 2.15. The summed E-state index contributed by atoms with van der Waals surface area (Å²) in [7, 11) is 2.84. The number of benzene rings is 1. The number of nitrogens with one attached hydrogen (secondary N) is 1. The SMILES string of the molecule is CCOC(C)([SiH3])OCC.CNc1ccccc1. The van der Waals surface area contributed by atoms with Crippen molar-refractivity contribution in [3.63, 3.8) is 0 Å². The predicted molar refractivity (Wildman–Crippen MR) is 77.6 cm³/mol. The lowest BCUT2D eigenvalue weighted by atomic mass is 10.3. The van der Waals surface area contributed by atoms with Gasteiger partial charge in [0.15, 0.2) is 0 Å². The Hall–Kier alpha value is -0.843. The number of ether oxygens (including phenoxy) is 2. The molecule has 1 aromatic rings. The largest absolute Gasteiger partial charge is 0.388 e. The Kier molecular flexibility index (Phi) is 8.76. The molecule has 98 valence electrons. The molecule has 0 atom stereocenters. The Morgan fingerprint density at radius 3 is 1.88 bits per heavy atom. The number of para-hydroxylation sites is 1. The zero-order valence-corrected chi connectivity index (χ0v) is 13.6. The summed E-state index contributed by atoms with van der Waals surface area (Å²) < 4.78 is 10.6. The lowest BCUT2D eigenvalue weighted by Gasteiger charge is -2.24. The van der Waals surface area contributed by atoms with E-state index in [0.29, 0.717) is 0 Å². The summed E-state index contributed by atoms with van der Waals surface area (Å²) in [6.45, 7) is 7.41. The van der Waals surface area contributed by atoms with E-state index < -0.39 is 0 Å². The minimum Gasteiger partial charge on any atom is -0.388 e. The van der Waals surface area contributed by atoms with E-state index in [9.17, 15) is 0 Å². The summed E-state index contributed by atoms with van der Waals surface area (Å²) in [5, 5.41) is 3.03. The molecule has 0 aromatic heterocycles. The molecule has 1 aromatic carbocycles. The van der Waals surface area contributed by atoms with Gasteiger partial charge in [-0.3, -0.25) is 0 Å². The molecule has 0 saturated heterocycles. The second-order valence-corrected chi connectivity index (χ2v) is 5.70. The highest BCUT2D eigenvalue weighted by atomic mass is 28.1. The second-order valence-electron chi connectivity index (χ2n) is 3.88. The van der Waals surface area contributed by atoms with Crippen LogP contribution in [0.4, 0.5) is 5.69 Å². The Morgan fingerprint density at radius 1 is 1.12 bits per heavy atom. The normalized spacial score (nSPS) is 10.6. The van der Waals surface area contributed by atoms with Gasteiger partial charge in [0.1, 0.15) is 5.41 Å². The van der Waals surface area contributed by atoms with Crippen molar-refractivity contribution in [3.05, 3.63) is 30.3 Å². The fourth-order valence-electron chi connectivity index (χ4n) is 1.34. The van der Waals surface area contributed by atoms with Crippen LogP contribution in [0.1, 0.15) is 20.8 Å². The fraction of sp³-hybridized carbons (Fsp3) is 0.538. The van der Waals surface area contributed by atoms with Crippen LogP contribution < -0.4 is 5.32 Å². The smallest absolute Gasteiger partial charge is 0.138 e. The molecular weight excluding hydrogens is 230 g/mol. The van der Waals surface area contributed by atoms with E-state index in [1.165, 1.54) is 0 Å². The van der Waals surface area contributed by atoms with Gasteiger partial charge in [-0.2, -0.15) is 0 Å². The second kappa shape index (κ2) is 9.21. The third-order valence-electron chi connectivity index (χ3n) is 2.05. The van der Waals surface area contributed by atoms with Crippen molar-refractivity contribution in [2.45, 2.75) is 26.2 Å². The lowest BCUT2D eigenvalue weighted by Crippen LogP contribution is -2.32. The molecule has 0 heterocycles. The maximum atomic E-state index is 5.31. The van der Waals surface area contributed by atoms with Gasteiger partial charge in [0.05, 0.1) is 10.2 Å². The van der Waals surface area contributed by atoms with Crippen molar-refractivity contribution in [2.24, 2.45) is 0 Å². The third-order valence-corrected chi connectivity index (χ3v) is 2.62. The van der Waals surface area contributed by atoms with Crippen LogP contribution in [0.3, 0.4) is 0 Å². The van der Waals surface area contributed by atoms with E-state index in [1.54, 1.807) is 0 Å². The van der Waals surface area contributed by atoms with Gasteiger partial charge in [0.2, 0.25) is 0 Å². The Balaban J connectivity index is 0.000000302. The molecule has 4 heteroatoms. The summed E-state index contributed by atoms with van der Waals surface area (Å²) in [6.07, 6.45) is 0. The molecule has 0 aliphatic rings. The molecule has 0 fully saturated rings. The monoisotopic (exact) mass is 255 g/mol. The van der Waals surface area contributed by atoms with Gasteiger partial charge >= 0.3 is 0 Å². The van der Waals surface area contributed by atoms with E-state index in [4.69, 9.17) is 9.47 Å². The zero-order chi connectivity index (χ0) is 13.1. The van der Waals surface area contributed by atoms with Crippen molar-refractivity contribution in [2.75, 3.05) is 25.6 Å². The van der Waals surface area contributed by atoms with Crippen LogP contribution in [0.2, 0.25) is 0 Å². The lowest BCUT2D eigenvalue weighted by molar-refractivity contribution is -0.160. The summed E-state index contributed by atoms with van der Waals surface area (Å²) in [5.74, 6) is 0. The quantitative estimate of drug-likeness (QED) is 0.643. The maximum absolute atomic E-state index is 5.31. The molecule has 0 aliphatic carbocycles. The zero-order valence-electron chi connectivity index (χ0n) is 11.6. The van der Waals surface area contributed by atoms with Crippen molar-refractivity contribution in [3.8, 4) is 0 Å². The molecule has 0 unspecified atom stereocenters. The highest BCUT2D eigenvalue weighted by molar-refractivity contribution is 6.13. The molecule has 0 amide bonds. The van der Waals surface area contributed by atoms with Crippen molar-refractivity contribution in [1.82, 2.24) is 0 Å². The summed E-state index contributed by atoms with van der Waals surface area (Å²) in [4.78, 5) is 0. The van der Waals surface area contributed by atoms with E-state index in [0.717, 1.165) is 29.1 Å². The van der Waals surface area contributed by atoms with Gasteiger partial charge in [0.25, 0.3) is 0 Å². The summed E-state index contributed by atoms with van der Waals surface area (Å²) in [6, 6.07) is 10.1. The number of anilines is 1. The van der Waals surface area contributed by atoms with Gasteiger partial charge in [-0.15, -0.1) is 0 Å². The van der Waals surface area contributed by atoms with Gasteiger partial charge in [-0.25, -0.2) is 0 Å². The first-order valence-electron chi connectivity index (χ1n) is 6.06. The van der Waals surface area contributed by atoms with Crippen LogP contribution in [0.5, 0.6) is 0 Å². The van der Waals surface area contributed by atoms with E-state index >= 15 is 0 Å². The predicted octanol–water partition coefficient (Wildman–Crippen LogP) is 1.83. The highest BCUT2D eigenvalue weighted by Crippen LogP contribution is 2.05. The molecule has 0 radical (unpaired) electrons. The number of rotatable bonds is 5. The molecule has 0 aliphatic heterocycles. The number of hydrogen-bond donors (Lipinski definition) is 1. The van der Waals surface area contributed by atoms with Gasteiger partial charge < -0.3 is 14.8 Å². The molecule has 0 bridgehead atoms. The average Bonchev–Trinajstić information content (AvgIpc) is 2.31. The number of hydrogen-bond acceptors (Lipinski definition) is 3. The van der Waals surface area contributed by atoms with Crippen LogP contribution in [0.15, 0.2) is 30.3 Å². The van der Waals surface area contributed by atoms with Crippen LogP contribution in [-0.4, -0.2) is 35.9 Å². The van der Waals surface area contributed by atoms with Crippen molar-refractivity contribution in [1.29, 1.82) is 0 Å². The van der Waals surface area contributed by atoms with E-state index in [2.05, 4.69) is 5.32 Å². The standard InChI is InChI=1S/C7H9N.C6H16O2Si/c1-8-7-5-3-2-4-6-7;1-4-7-6(3,9)8-5-2/h2-6,8H,1H3;4-5H2,1-3,9H3. The van der Waals surface area contributed by atoms with Crippen molar-refractivity contribution < 1.29 is 9.47 Å². The van der Waals surface area contributed by atoms with Gasteiger partial charge in [-0.05, 0) is 32.9 Å². The summed E-state index contributed by atoms with van der Waals surface area (Å²) >= 11 is 0. The first kappa shape index (κ1) is 16.2. The minimum atomic E-state index is -0.260. The third kappa shape index (κ3) is 8.91. The Bertz CT molecular complexity index is 270. The molecule has 3 nitrogen and oxygen atoms in total. The maximum Gasteiger partial charge on any atom is 0.138 e. The first-order valence-corrected chi connectivity index (χ1v) is 7.06. The molecule has 0 saturated carbocycles. The van der Waals surface area contributed by atoms with Gasteiger partial charge in [0, 0.05) is 25.9 Å². The van der Waals surface area contributed by atoms with Crippen LogP contribution in [0, 0.1) is 0 Å².